The molecule has 0 unspecified atom stereocenters. The van der Waals surface area contributed by atoms with E-state index in [0.717, 1.165) is 11.3 Å². The molecule has 0 amide bonds. The van der Waals surface area contributed by atoms with Crippen molar-refractivity contribution in [2.24, 2.45) is 0 Å². The van der Waals surface area contributed by atoms with Gasteiger partial charge in [-0.15, -0.1) is 0 Å². The summed E-state index contributed by atoms with van der Waals surface area (Å²) in [6, 6.07) is 3.74. The summed E-state index contributed by atoms with van der Waals surface area (Å²) in [7, 11) is 0. The molecule has 0 aliphatic carbocycles. The van der Waals surface area contributed by atoms with Gasteiger partial charge in [-0.3, -0.25) is 4.98 Å². The van der Waals surface area contributed by atoms with Gasteiger partial charge in [-0.05, 0) is 25.1 Å². The predicted octanol–water partition coefficient (Wildman–Crippen LogP) is 1.84. The van der Waals surface area contributed by atoms with Crippen molar-refractivity contribution in [1.82, 2.24) is 14.8 Å². The number of hydrogen-bond acceptors (Lipinski definition) is 4. The Morgan fingerprint density at radius 2 is 2.39 bits per heavy atom. The van der Waals surface area contributed by atoms with E-state index in [4.69, 9.17) is 4.74 Å². The SMILES string of the molecule is CCOC(=O)C=Cc1cnn(-c2cccnc2)c1. The van der Waals surface area contributed by atoms with Gasteiger partial charge in [0, 0.05) is 24.0 Å². The van der Waals surface area contributed by atoms with Gasteiger partial charge in [-0.1, -0.05) is 0 Å². The number of pyridine rings is 1. The first-order valence-electron chi connectivity index (χ1n) is 5.59. The molecule has 2 rings (SSSR count). The lowest BCUT2D eigenvalue weighted by atomic mass is 10.3. The average molecular weight is 243 g/mol. The molecule has 0 atom stereocenters. The first-order valence-corrected chi connectivity index (χ1v) is 5.59. The molecule has 5 heteroatoms. The Kier molecular flexibility index (Phi) is 3.86. The van der Waals surface area contributed by atoms with Gasteiger partial charge in [-0.2, -0.15) is 5.10 Å². The van der Waals surface area contributed by atoms with Gasteiger partial charge in [0.1, 0.15) is 0 Å². The quantitative estimate of drug-likeness (QED) is 0.607. The highest BCUT2D eigenvalue weighted by Gasteiger charge is 1.99. The standard InChI is InChI=1S/C13H13N3O2/c1-2-18-13(17)6-5-11-8-15-16(10-11)12-4-3-7-14-9-12/h3-10H,2H2,1H3. The summed E-state index contributed by atoms with van der Waals surface area (Å²) < 4.78 is 6.48. The maximum absolute atomic E-state index is 11.1. The van der Waals surface area contributed by atoms with Crippen LogP contribution in [0, 0.1) is 0 Å². The fraction of sp³-hybridized carbons (Fsp3) is 0.154. The Hall–Kier alpha value is -2.43. The molecule has 18 heavy (non-hydrogen) atoms. The molecule has 0 saturated carbocycles. The fourth-order valence-electron chi connectivity index (χ4n) is 1.41. The molecule has 0 fully saturated rings. The minimum Gasteiger partial charge on any atom is -0.463 e. The second-order valence-corrected chi connectivity index (χ2v) is 3.51. The highest BCUT2D eigenvalue weighted by molar-refractivity contribution is 5.86. The highest BCUT2D eigenvalue weighted by Crippen LogP contribution is 2.07. The Morgan fingerprint density at radius 1 is 1.50 bits per heavy atom. The van der Waals surface area contributed by atoms with E-state index < -0.39 is 0 Å². The first-order chi connectivity index (χ1) is 8.79. The second-order valence-electron chi connectivity index (χ2n) is 3.51. The minimum atomic E-state index is -0.355. The largest absolute Gasteiger partial charge is 0.463 e. The zero-order valence-electron chi connectivity index (χ0n) is 9.98. The third kappa shape index (κ3) is 3.04. The van der Waals surface area contributed by atoms with Crippen LogP contribution in [0.15, 0.2) is 43.0 Å². The smallest absolute Gasteiger partial charge is 0.330 e. The number of nitrogens with zero attached hydrogens (tertiary/aromatic N) is 3. The maximum atomic E-state index is 11.1. The van der Waals surface area contributed by atoms with Crippen LogP contribution in [0.1, 0.15) is 12.5 Å². The number of carbonyl (C=O) groups is 1. The summed E-state index contributed by atoms with van der Waals surface area (Å²) >= 11 is 0. The summed E-state index contributed by atoms with van der Waals surface area (Å²) in [5.41, 5.74) is 1.69. The van der Waals surface area contributed by atoms with Gasteiger partial charge in [0.05, 0.1) is 24.7 Å². The van der Waals surface area contributed by atoms with E-state index in [1.54, 1.807) is 36.3 Å². The lowest BCUT2D eigenvalue weighted by Crippen LogP contribution is -1.98. The summed E-state index contributed by atoms with van der Waals surface area (Å²) in [4.78, 5) is 15.2. The van der Waals surface area contributed by atoms with Gasteiger partial charge in [0.2, 0.25) is 0 Å². The molecule has 2 aromatic rings. The van der Waals surface area contributed by atoms with E-state index in [1.807, 2.05) is 18.3 Å². The van der Waals surface area contributed by atoms with Crippen LogP contribution in [0.4, 0.5) is 0 Å². The average Bonchev–Trinajstić information content (AvgIpc) is 2.87. The van der Waals surface area contributed by atoms with Crippen molar-refractivity contribution >= 4 is 12.0 Å². The Labute approximate surface area is 105 Å². The van der Waals surface area contributed by atoms with Gasteiger partial charge in [0.15, 0.2) is 0 Å². The number of rotatable bonds is 4. The molecule has 0 N–H and O–H groups in total. The van der Waals surface area contributed by atoms with Gasteiger partial charge in [0.25, 0.3) is 0 Å². The molecule has 0 bridgehead atoms. The Bertz CT molecular complexity index is 546. The first kappa shape index (κ1) is 12.0. The van der Waals surface area contributed by atoms with E-state index in [0.29, 0.717) is 6.61 Å². The normalized spacial score (nSPS) is 10.7. The molecule has 2 heterocycles. The highest BCUT2D eigenvalue weighted by atomic mass is 16.5. The summed E-state index contributed by atoms with van der Waals surface area (Å²) in [5.74, 6) is -0.355. The molecule has 0 radical (unpaired) electrons. The van der Waals surface area contributed by atoms with Crippen LogP contribution < -0.4 is 0 Å². The van der Waals surface area contributed by atoms with E-state index >= 15 is 0 Å². The third-order valence-electron chi connectivity index (χ3n) is 2.21. The van der Waals surface area contributed by atoms with Gasteiger partial charge in [-0.25, -0.2) is 9.48 Å². The number of esters is 1. The number of ether oxygens (including phenoxy) is 1. The zero-order chi connectivity index (χ0) is 12.8. The molecule has 92 valence electrons. The van der Waals surface area contributed by atoms with Crippen molar-refractivity contribution in [2.75, 3.05) is 6.61 Å². The van der Waals surface area contributed by atoms with Crippen LogP contribution in [-0.4, -0.2) is 27.3 Å². The molecule has 2 aromatic heterocycles. The maximum Gasteiger partial charge on any atom is 0.330 e. The molecular formula is C13H13N3O2. The van der Waals surface area contributed by atoms with Crippen molar-refractivity contribution in [2.45, 2.75) is 6.92 Å². The van der Waals surface area contributed by atoms with E-state index in [9.17, 15) is 4.79 Å². The lowest BCUT2D eigenvalue weighted by molar-refractivity contribution is -0.137. The Morgan fingerprint density at radius 3 is 3.11 bits per heavy atom. The predicted molar refractivity (Wildman–Crippen MR) is 67.0 cm³/mol. The van der Waals surface area contributed by atoms with Crippen LogP contribution in [0.3, 0.4) is 0 Å². The minimum absolute atomic E-state index is 0.355. The summed E-state index contributed by atoms with van der Waals surface area (Å²) in [6.07, 6.45) is 9.95. The van der Waals surface area contributed by atoms with Crippen LogP contribution in [-0.2, 0) is 9.53 Å². The molecule has 0 spiro atoms. The zero-order valence-corrected chi connectivity index (χ0v) is 9.98. The van der Waals surface area contributed by atoms with Crippen molar-refractivity contribution < 1.29 is 9.53 Å². The van der Waals surface area contributed by atoms with Crippen LogP contribution >= 0.6 is 0 Å². The van der Waals surface area contributed by atoms with Crippen LogP contribution in [0.5, 0.6) is 0 Å². The number of carbonyl (C=O) groups excluding carboxylic acids is 1. The van der Waals surface area contributed by atoms with Gasteiger partial charge < -0.3 is 4.74 Å². The van der Waals surface area contributed by atoms with Crippen molar-refractivity contribution in [3.8, 4) is 5.69 Å². The van der Waals surface area contributed by atoms with Crippen molar-refractivity contribution in [3.63, 3.8) is 0 Å². The van der Waals surface area contributed by atoms with Crippen molar-refractivity contribution in [3.05, 3.63) is 48.6 Å². The van der Waals surface area contributed by atoms with Crippen molar-refractivity contribution in [1.29, 1.82) is 0 Å². The Balaban J connectivity index is 2.09. The van der Waals surface area contributed by atoms with Crippen LogP contribution in [0.25, 0.3) is 11.8 Å². The van der Waals surface area contributed by atoms with E-state index in [1.165, 1.54) is 6.08 Å². The molecule has 5 nitrogen and oxygen atoms in total. The van der Waals surface area contributed by atoms with E-state index in [-0.39, 0.29) is 5.97 Å². The third-order valence-corrected chi connectivity index (χ3v) is 2.21. The second kappa shape index (κ2) is 5.77. The fourth-order valence-corrected chi connectivity index (χ4v) is 1.41. The van der Waals surface area contributed by atoms with E-state index in [2.05, 4.69) is 10.1 Å². The topological polar surface area (TPSA) is 57.0 Å². The molecule has 0 aliphatic heterocycles. The van der Waals surface area contributed by atoms with Gasteiger partial charge >= 0.3 is 5.97 Å². The lowest BCUT2D eigenvalue weighted by Gasteiger charge is -1.97. The number of hydrogen-bond donors (Lipinski definition) is 0. The van der Waals surface area contributed by atoms with Crippen LogP contribution in [0.2, 0.25) is 0 Å². The molecule has 0 saturated heterocycles. The molecule has 0 aliphatic rings. The molecule has 0 aromatic carbocycles. The monoisotopic (exact) mass is 243 g/mol. The summed E-state index contributed by atoms with van der Waals surface area (Å²) in [5, 5.41) is 4.18. The molecular weight excluding hydrogens is 230 g/mol. The number of aromatic nitrogens is 3. The summed E-state index contributed by atoms with van der Waals surface area (Å²) in [6.45, 7) is 2.14.